The third-order valence-corrected chi connectivity index (χ3v) is 12.7. The second kappa shape index (κ2) is 17.7. The van der Waals surface area contributed by atoms with Gasteiger partial charge in [0.25, 0.3) is 0 Å². The molecule has 3 fully saturated rings. The van der Waals surface area contributed by atoms with Crippen molar-refractivity contribution >= 4 is 68.0 Å². The van der Waals surface area contributed by atoms with Crippen LogP contribution in [-0.4, -0.2) is 112 Å². The van der Waals surface area contributed by atoms with E-state index >= 15 is 0 Å². The molecule has 302 valence electrons. The van der Waals surface area contributed by atoms with Crippen LogP contribution in [0.4, 0.5) is 34.5 Å². The fourth-order valence-corrected chi connectivity index (χ4v) is 8.49. The number of imide groups is 1. The number of halogens is 1. The maximum Gasteiger partial charge on any atom is 0.234 e. The molecule has 14 nitrogen and oxygen atoms in total. The predicted octanol–water partition coefficient (Wildman–Crippen LogP) is 5.37. The molecule has 57 heavy (non-hydrogen) atoms. The first-order valence-electron chi connectivity index (χ1n) is 19.4. The lowest BCUT2D eigenvalue weighted by Crippen LogP contribution is -2.53. The highest BCUT2D eigenvalue weighted by Gasteiger charge is 2.29. The Balaban J connectivity index is 0.887. The van der Waals surface area contributed by atoms with Crippen LogP contribution in [0.5, 0.6) is 5.75 Å². The number of aromatic nitrogens is 2. The highest BCUT2D eigenvalue weighted by Crippen LogP contribution is 2.35. The number of carbonyl (C=O) groups excluding carboxylic acids is 2. The Hall–Kier alpha value is -4.96. The Morgan fingerprint density at radius 3 is 2.37 bits per heavy atom. The second-order valence-corrected chi connectivity index (χ2v) is 17.3. The van der Waals surface area contributed by atoms with Gasteiger partial charge < -0.3 is 25.2 Å². The molecule has 3 aromatic carbocycles. The van der Waals surface area contributed by atoms with Crippen molar-refractivity contribution in [2.75, 3.05) is 86.1 Å². The van der Waals surface area contributed by atoms with Crippen molar-refractivity contribution in [2.45, 2.75) is 44.1 Å². The number of carbonyl (C=O) groups is 2. The largest absolute Gasteiger partial charge is 0.494 e. The van der Waals surface area contributed by atoms with Gasteiger partial charge >= 0.3 is 0 Å². The molecule has 4 aromatic rings. The molecular weight excluding hydrogens is 766 g/mol. The molecule has 3 saturated heterocycles. The minimum atomic E-state index is -3.49. The number of sulfonamides is 1. The maximum atomic E-state index is 12.2. The first kappa shape index (κ1) is 40.2. The van der Waals surface area contributed by atoms with Gasteiger partial charge in [0.1, 0.15) is 10.8 Å². The van der Waals surface area contributed by atoms with Gasteiger partial charge in [-0.15, -0.1) is 0 Å². The van der Waals surface area contributed by atoms with Gasteiger partial charge in [-0.2, -0.15) is 4.98 Å². The van der Waals surface area contributed by atoms with Gasteiger partial charge in [-0.1, -0.05) is 48.0 Å². The summed E-state index contributed by atoms with van der Waals surface area (Å²) in [5.74, 6) is 0.658. The summed E-state index contributed by atoms with van der Waals surface area (Å²) in [6.07, 6.45) is 6.77. The molecule has 1 unspecified atom stereocenters. The Morgan fingerprint density at radius 2 is 1.67 bits per heavy atom. The molecule has 0 saturated carbocycles. The molecule has 2 amide bonds. The monoisotopic (exact) mass is 815 g/mol. The molecule has 0 spiro atoms. The molecule has 1 aromatic heterocycles. The molecule has 3 aliphatic heterocycles. The minimum Gasteiger partial charge on any atom is -0.494 e. The van der Waals surface area contributed by atoms with E-state index in [0.29, 0.717) is 53.5 Å². The maximum absolute atomic E-state index is 12.2. The quantitative estimate of drug-likeness (QED) is 0.149. The van der Waals surface area contributed by atoms with Crippen LogP contribution in [0.1, 0.15) is 42.7 Å². The van der Waals surface area contributed by atoms with Crippen molar-refractivity contribution in [3.63, 3.8) is 0 Å². The SMILES string of the molecule is COc1cc(N2CCC(N3CCN(CCc4ccc(C5CCC(=O)NC5=O)cc4)CC3)CC2)ccc1Nc1ncc(Cl)c(Nc2ccccc2N(C)S(C)(=O)=O)n1. The van der Waals surface area contributed by atoms with E-state index in [0.717, 1.165) is 82.6 Å². The lowest BCUT2D eigenvalue weighted by Gasteiger charge is -2.43. The Bertz CT molecular complexity index is 2180. The van der Waals surface area contributed by atoms with Crippen molar-refractivity contribution in [1.82, 2.24) is 25.1 Å². The summed E-state index contributed by atoms with van der Waals surface area (Å²) in [6, 6.07) is 22.0. The number of piperidine rings is 2. The van der Waals surface area contributed by atoms with Gasteiger partial charge in [0.15, 0.2) is 5.82 Å². The summed E-state index contributed by atoms with van der Waals surface area (Å²) >= 11 is 6.47. The van der Waals surface area contributed by atoms with Gasteiger partial charge in [-0.3, -0.25) is 24.1 Å². The standard InChI is InChI=1S/C41H50ClN9O5S/c1-48(57(3,54)55)36-7-5-4-6-34(36)44-39-33(42)27-43-41(47-39)45-35-14-12-31(26-37(35)56-2)50-20-17-30(18-21-50)51-24-22-49(23-25-51)19-16-28-8-10-29(11-9-28)32-13-15-38(52)46-40(32)53/h4-12,14,26-27,30,32H,13,15-25H2,1-3H3,(H,46,52,53)(H2,43,44,45,47). The van der Waals surface area contributed by atoms with Crippen LogP contribution in [0.3, 0.4) is 0 Å². The smallest absolute Gasteiger partial charge is 0.234 e. The zero-order chi connectivity index (χ0) is 40.1. The summed E-state index contributed by atoms with van der Waals surface area (Å²) in [5.41, 5.74) is 5.01. The van der Waals surface area contributed by atoms with E-state index in [2.05, 4.69) is 58.8 Å². The summed E-state index contributed by atoms with van der Waals surface area (Å²) in [7, 11) is -0.361. The fraction of sp³-hybridized carbons (Fsp3) is 0.415. The number of hydrogen-bond acceptors (Lipinski definition) is 12. The van der Waals surface area contributed by atoms with Crippen molar-refractivity contribution in [3.8, 4) is 5.75 Å². The third-order valence-electron chi connectivity index (χ3n) is 11.3. The number of hydrogen-bond donors (Lipinski definition) is 3. The molecule has 0 aliphatic carbocycles. The molecule has 3 aliphatic rings. The normalized spacial score (nSPS) is 18.6. The lowest BCUT2D eigenvalue weighted by molar-refractivity contribution is -0.134. The van der Waals surface area contributed by atoms with Crippen LogP contribution in [0, 0.1) is 0 Å². The van der Waals surface area contributed by atoms with E-state index < -0.39 is 10.0 Å². The van der Waals surface area contributed by atoms with Crippen molar-refractivity contribution in [3.05, 3.63) is 89.1 Å². The van der Waals surface area contributed by atoms with Gasteiger partial charge in [0.05, 0.1) is 42.5 Å². The van der Waals surface area contributed by atoms with Crippen LogP contribution < -0.4 is 29.9 Å². The second-order valence-electron chi connectivity index (χ2n) is 14.9. The Morgan fingerprint density at radius 1 is 0.930 bits per heavy atom. The van der Waals surface area contributed by atoms with E-state index in [1.807, 2.05) is 24.3 Å². The number of anilines is 6. The molecule has 0 bridgehead atoms. The van der Waals surface area contributed by atoms with Crippen LogP contribution in [0.15, 0.2) is 72.9 Å². The van der Waals surface area contributed by atoms with E-state index in [-0.39, 0.29) is 22.8 Å². The average molecular weight is 816 g/mol. The van der Waals surface area contributed by atoms with Gasteiger partial charge in [-0.05, 0) is 61.1 Å². The first-order valence-corrected chi connectivity index (χ1v) is 21.6. The fourth-order valence-electron chi connectivity index (χ4n) is 7.83. The number of amides is 2. The number of benzene rings is 3. The van der Waals surface area contributed by atoms with Gasteiger partial charge in [0, 0.05) is 77.1 Å². The zero-order valence-corrected chi connectivity index (χ0v) is 34.2. The molecular formula is C41H50ClN9O5S. The number of nitrogens with zero attached hydrogens (tertiary/aromatic N) is 6. The Kier molecular flexibility index (Phi) is 12.5. The number of piperazine rings is 1. The molecule has 4 heterocycles. The Labute approximate surface area is 339 Å². The van der Waals surface area contributed by atoms with Crippen molar-refractivity contribution < 1.29 is 22.7 Å². The molecule has 16 heteroatoms. The van der Waals surface area contributed by atoms with E-state index in [9.17, 15) is 18.0 Å². The zero-order valence-electron chi connectivity index (χ0n) is 32.6. The summed E-state index contributed by atoms with van der Waals surface area (Å²) in [4.78, 5) is 40.3. The molecule has 0 radical (unpaired) electrons. The summed E-state index contributed by atoms with van der Waals surface area (Å²) < 4.78 is 31.5. The number of nitrogens with one attached hydrogen (secondary N) is 3. The van der Waals surface area contributed by atoms with E-state index in [1.165, 1.54) is 23.1 Å². The van der Waals surface area contributed by atoms with Crippen LogP contribution in [0.25, 0.3) is 0 Å². The van der Waals surface area contributed by atoms with Crippen LogP contribution >= 0.6 is 11.6 Å². The van der Waals surface area contributed by atoms with Crippen molar-refractivity contribution in [1.29, 1.82) is 0 Å². The number of rotatable bonds is 13. The predicted molar refractivity (Wildman–Crippen MR) is 225 cm³/mol. The number of ether oxygens (including phenoxy) is 1. The van der Waals surface area contributed by atoms with E-state index in [4.69, 9.17) is 16.3 Å². The molecule has 3 N–H and O–H groups in total. The average Bonchev–Trinajstić information content (AvgIpc) is 3.21. The third kappa shape index (κ3) is 9.78. The summed E-state index contributed by atoms with van der Waals surface area (Å²) in [5, 5.41) is 9.15. The van der Waals surface area contributed by atoms with Crippen molar-refractivity contribution in [2.24, 2.45) is 0 Å². The van der Waals surface area contributed by atoms with Crippen LogP contribution in [-0.2, 0) is 26.0 Å². The number of para-hydroxylation sites is 2. The van der Waals surface area contributed by atoms with E-state index in [1.54, 1.807) is 31.4 Å². The first-order chi connectivity index (χ1) is 27.4. The highest BCUT2D eigenvalue weighted by molar-refractivity contribution is 7.92. The summed E-state index contributed by atoms with van der Waals surface area (Å²) in [6.45, 7) is 7.19. The van der Waals surface area contributed by atoms with Gasteiger partial charge in [0.2, 0.25) is 27.8 Å². The lowest BCUT2D eigenvalue weighted by atomic mass is 9.90. The van der Waals surface area contributed by atoms with Gasteiger partial charge in [-0.25, -0.2) is 13.4 Å². The highest BCUT2D eigenvalue weighted by atomic mass is 35.5. The van der Waals surface area contributed by atoms with Crippen LogP contribution in [0.2, 0.25) is 5.02 Å². The molecule has 7 rings (SSSR count). The topological polar surface area (TPSA) is 152 Å². The minimum absolute atomic E-state index is 0.183. The molecule has 1 atom stereocenters. The number of methoxy groups -OCH3 is 1.